The van der Waals surface area contributed by atoms with Gasteiger partial charge < -0.3 is 10.3 Å². The summed E-state index contributed by atoms with van der Waals surface area (Å²) in [6.45, 7) is 2.34. The number of rotatable bonds is 3. The van der Waals surface area contributed by atoms with Crippen molar-refractivity contribution in [2.24, 2.45) is 0 Å². The average Bonchev–Trinajstić information content (AvgIpc) is 2.72. The van der Waals surface area contributed by atoms with E-state index in [1.165, 1.54) is 23.6 Å². The Balaban J connectivity index is 2.00. The minimum Gasteiger partial charge on any atom is -0.347 e. The van der Waals surface area contributed by atoms with Crippen LogP contribution in [-0.4, -0.2) is 15.9 Å². The topological polar surface area (TPSA) is 74.8 Å². The zero-order valence-corrected chi connectivity index (χ0v) is 10.0. The molecule has 0 aliphatic heterocycles. The molecular weight excluding hydrogens is 238 g/mol. The molecule has 6 heteroatoms. The number of aromatic amines is 1. The number of carbonyl (C=O) groups is 1. The fourth-order valence-corrected chi connectivity index (χ4v) is 2.08. The zero-order valence-electron chi connectivity index (χ0n) is 9.19. The Morgan fingerprint density at radius 1 is 1.59 bits per heavy atom. The van der Waals surface area contributed by atoms with Gasteiger partial charge in [-0.1, -0.05) is 0 Å². The predicted molar refractivity (Wildman–Crippen MR) is 65.1 cm³/mol. The molecule has 0 saturated carbocycles. The molecule has 0 radical (unpaired) electrons. The average molecular weight is 249 g/mol. The lowest BCUT2D eigenvalue weighted by Gasteiger charge is -2.02. The maximum absolute atomic E-state index is 11.7. The van der Waals surface area contributed by atoms with Crippen molar-refractivity contribution in [3.05, 3.63) is 50.3 Å². The lowest BCUT2D eigenvalue weighted by molar-refractivity contribution is 0.0951. The van der Waals surface area contributed by atoms with Crippen molar-refractivity contribution < 1.29 is 4.79 Å². The molecule has 2 N–H and O–H groups in total. The van der Waals surface area contributed by atoms with Gasteiger partial charge in [0.05, 0.1) is 11.6 Å². The third-order valence-electron chi connectivity index (χ3n) is 2.13. The summed E-state index contributed by atoms with van der Waals surface area (Å²) in [5.41, 5.74) is 0.0706. The van der Waals surface area contributed by atoms with Crippen LogP contribution in [-0.2, 0) is 6.54 Å². The normalized spacial score (nSPS) is 10.2. The summed E-state index contributed by atoms with van der Waals surface area (Å²) in [6.07, 6.45) is 3.19. The highest BCUT2D eigenvalue weighted by molar-refractivity contribution is 7.11. The fourth-order valence-electron chi connectivity index (χ4n) is 1.34. The minimum atomic E-state index is -0.286. The number of amides is 1. The van der Waals surface area contributed by atoms with Gasteiger partial charge in [0.25, 0.3) is 5.91 Å². The fraction of sp³-hybridized carbons (Fsp3) is 0.182. The Labute approximate surface area is 102 Å². The first kappa shape index (κ1) is 11.5. The summed E-state index contributed by atoms with van der Waals surface area (Å²) in [4.78, 5) is 30.3. The van der Waals surface area contributed by atoms with E-state index in [0.29, 0.717) is 12.1 Å². The summed E-state index contributed by atoms with van der Waals surface area (Å²) in [6, 6.07) is 2.84. The summed E-state index contributed by atoms with van der Waals surface area (Å²) in [5, 5.41) is 3.70. The molecule has 2 rings (SSSR count). The molecule has 2 aromatic heterocycles. The quantitative estimate of drug-likeness (QED) is 0.854. The number of thiazole rings is 1. The van der Waals surface area contributed by atoms with Gasteiger partial charge in [-0.05, 0) is 13.0 Å². The summed E-state index contributed by atoms with van der Waals surface area (Å²) in [7, 11) is 0. The van der Waals surface area contributed by atoms with E-state index in [2.05, 4.69) is 15.3 Å². The Kier molecular flexibility index (Phi) is 3.34. The van der Waals surface area contributed by atoms with Gasteiger partial charge in [0.1, 0.15) is 0 Å². The van der Waals surface area contributed by atoms with Gasteiger partial charge in [0.15, 0.2) is 0 Å². The molecule has 0 aliphatic carbocycles. The number of hydrogen-bond acceptors (Lipinski definition) is 4. The van der Waals surface area contributed by atoms with Crippen molar-refractivity contribution in [1.29, 1.82) is 0 Å². The number of aryl methyl sites for hydroxylation is 1. The van der Waals surface area contributed by atoms with E-state index in [1.807, 2.05) is 6.92 Å². The molecule has 0 fully saturated rings. The molecule has 0 atom stereocenters. The van der Waals surface area contributed by atoms with Gasteiger partial charge in [-0.3, -0.25) is 9.59 Å². The molecule has 1 amide bonds. The molecule has 2 aromatic rings. The molecule has 0 aromatic carbocycles. The van der Waals surface area contributed by atoms with Crippen molar-refractivity contribution in [2.75, 3.05) is 0 Å². The van der Waals surface area contributed by atoms with Crippen LogP contribution >= 0.6 is 11.3 Å². The van der Waals surface area contributed by atoms with Crippen molar-refractivity contribution in [3.8, 4) is 0 Å². The van der Waals surface area contributed by atoms with Gasteiger partial charge >= 0.3 is 0 Å². The maximum Gasteiger partial charge on any atom is 0.251 e. The molecule has 88 valence electrons. The van der Waals surface area contributed by atoms with Gasteiger partial charge in [-0.15, -0.1) is 11.3 Å². The summed E-state index contributed by atoms with van der Waals surface area (Å²) >= 11 is 1.53. The highest BCUT2D eigenvalue weighted by atomic mass is 32.1. The van der Waals surface area contributed by atoms with Gasteiger partial charge in [-0.2, -0.15) is 0 Å². The first-order chi connectivity index (χ1) is 8.15. The Morgan fingerprint density at radius 3 is 3.06 bits per heavy atom. The van der Waals surface area contributed by atoms with Crippen LogP contribution in [0.15, 0.2) is 29.3 Å². The highest BCUT2D eigenvalue weighted by Gasteiger charge is 2.06. The summed E-state index contributed by atoms with van der Waals surface area (Å²) < 4.78 is 0. The van der Waals surface area contributed by atoms with E-state index in [-0.39, 0.29) is 11.5 Å². The number of aromatic nitrogens is 2. The second-order valence-corrected chi connectivity index (χ2v) is 4.79. The molecule has 0 unspecified atom stereocenters. The van der Waals surface area contributed by atoms with Crippen LogP contribution in [0.5, 0.6) is 0 Å². The van der Waals surface area contributed by atoms with E-state index in [4.69, 9.17) is 0 Å². The van der Waals surface area contributed by atoms with Crippen molar-refractivity contribution in [3.63, 3.8) is 0 Å². The van der Waals surface area contributed by atoms with Crippen molar-refractivity contribution in [2.45, 2.75) is 13.5 Å². The Bertz CT molecular complexity index is 588. The third-order valence-corrected chi connectivity index (χ3v) is 3.04. The third kappa shape index (κ3) is 3.01. The minimum absolute atomic E-state index is 0.262. The predicted octanol–water partition coefficient (Wildman–Crippen LogP) is 1.07. The molecule has 0 spiro atoms. The number of H-pyrrole nitrogens is 1. The van der Waals surface area contributed by atoms with Crippen LogP contribution in [0.3, 0.4) is 0 Å². The Morgan fingerprint density at radius 2 is 2.41 bits per heavy atom. The second kappa shape index (κ2) is 4.92. The van der Waals surface area contributed by atoms with E-state index in [1.54, 1.807) is 12.3 Å². The van der Waals surface area contributed by atoms with E-state index < -0.39 is 0 Å². The van der Waals surface area contributed by atoms with Crippen LogP contribution < -0.4 is 10.9 Å². The molecule has 0 bridgehead atoms. The van der Waals surface area contributed by atoms with Gasteiger partial charge in [0, 0.05) is 28.9 Å². The highest BCUT2D eigenvalue weighted by Crippen LogP contribution is 2.10. The van der Waals surface area contributed by atoms with Crippen LogP contribution in [0.4, 0.5) is 0 Å². The van der Waals surface area contributed by atoms with E-state index in [0.717, 1.165) is 9.88 Å². The molecular formula is C11H11N3O2S. The van der Waals surface area contributed by atoms with Gasteiger partial charge in [0.2, 0.25) is 5.56 Å². The Hall–Kier alpha value is -1.95. The molecule has 0 saturated heterocycles. The van der Waals surface area contributed by atoms with Crippen LogP contribution in [0.1, 0.15) is 20.2 Å². The summed E-state index contributed by atoms with van der Waals surface area (Å²) in [5.74, 6) is -0.262. The maximum atomic E-state index is 11.7. The first-order valence-electron chi connectivity index (χ1n) is 5.03. The lowest BCUT2D eigenvalue weighted by Crippen LogP contribution is -2.23. The number of carbonyl (C=O) groups excluding carboxylic acids is 1. The van der Waals surface area contributed by atoms with Gasteiger partial charge in [-0.25, -0.2) is 4.98 Å². The lowest BCUT2D eigenvalue weighted by atomic mass is 10.2. The van der Waals surface area contributed by atoms with Crippen molar-refractivity contribution >= 4 is 17.2 Å². The number of nitrogens with one attached hydrogen (secondary N) is 2. The second-order valence-electron chi connectivity index (χ2n) is 3.47. The van der Waals surface area contributed by atoms with Crippen molar-refractivity contribution in [1.82, 2.24) is 15.3 Å². The zero-order chi connectivity index (χ0) is 12.3. The van der Waals surface area contributed by atoms with Crippen LogP contribution in [0, 0.1) is 6.92 Å². The molecule has 0 aliphatic rings. The monoisotopic (exact) mass is 249 g/mol. The number of hydrogen-bond donors (Lipinski definition) is 2. The SMILES string of the molecule is Cc1ncc(CNC(=O)c2cc[nH]c(=O)c2)s1. The number of nitrogens with zero attached hydrogens (tertiary/aromatic N) is 1. The largest absolute Gasteiger partial charge is 0.347 e. The van der Waals surface area contributed by atoms with E-state index in [9.17, 15) is 9.59 Å². The standard InChI is InChI=1S/C11H11N3O2S/c1-7-13-5-9(17-7)6-14-11(16)8-2-3-12-10(15)4-8/h2-5H,6H2,1H3,(H,12,15)(H,14,16). The van der Waals surface area contributed by atoms with Crippen LogP contribution in [0.25, 0.3) is 0 Å². The first-order valence-corrected chi connectivity index (χ1v) is 5.85. The number of pyridine rings is 1. The molecule has 2 heterocycles. The van der Waals surface area contributed by atoms with Crippen LogP contribution in [0.2, 0.25) is 0 Å². The molecule has 5 nitrogen and oxygen atoms in total. The smallest absolute Gasteiger partial charge is 0.251 e. The van der Waals surface area contributed by atoms with E-state index >= 15 is 0 Å². The molecule has 17 heavy (non-hydrogen) atoms.